The van der Waals surface area contributed by atoms with E-state index in [2.05, 4.69) is 15.4 Å². The molecule has 0 aromatic heterocycles. The van der Waals surface area contributed by atoms with Crippen LogP contribution in [-0.4, -0.2) is 30.0 Å². The van der Waals surface area contributed by atoms with Crippen molar-refractivity contribution in [3.05, 3.63) is 29.8 Å². The molecule has 1 saturated carbocycles. The van der Waals surface area contributed by atoms with Crippen LogP contribution in [0.5, 0.6) is 5.75 Å². The smallest absolute Gasteiger partial charge is 0.481 e. The highest BCUT2D eigenvalue weighted by molar-refractivity contribution is 5.75. The molecular formula is C15H17F3N2O4. The Morgan fingerprint density at radius 2 is 2.04 bits per heavy atom. The summed E-state index contributed by atoms with van der Waals surface area (Å²) in [5.41, 5.74) is 0.507. The molecule has 24 heavy (non-hydrogen) atoms. The fraction of sp³-hybridized carbons (Fsp3) is 0.467. The second-order valence-electron chi connectivity index (χ2n) is 5.48. The summed E-state index contributed by atoms with van der Waals surface area (Å²) in [7, 11) is 0. The number of halogens is 3. The lowest BCUT2D eigenvalue weighted by molar-refractivity contribution is -0.274. The minimum atomic E-state index is -4.78. The predicted molar refractivity (Wildman–Crippen MR) is 77.4 cm³/mol. The van der Waals surface area contributed by atoms with Crippen molar-refractivity contribution in [1.29, 1.82) is 0 Å². The Labute approximate surface area is 136 Å². The number of amides is 2. The topological polar surface area (TPSA) is 87.7 Å². The first kappa shape index (κ1) is 17.9. The second kappa shape index (κ2) is 7.41. The Hall–Kier alpha value is -2.45. The van der Waals surface area contributed by atoms with Crippen molar-refractivity contribution in [3.63, 3.8) is 0 Å². The van der Waals surface area contributed by atoms with E-state index in [9.17, 15) is 22.8 Å². The van der Waals surface area contributed by atoms with Gasteiger partial charge in [-0.3, -0.25) is 4.79 Å². The van der Waals surface area contributed by atoms with Crippen LogP contribution in [0.4, 0.5) is 18.0 Å². The molecule has 0 bridgehead atoms. The summed E-state index contributed by atoms with van der Waals surface area (Å²) in [5, 5.41) is 13.6. The number of hydrogen-bond donors (Lipinski definition) is 3. The first-order valence-corrected chi connectivity index (χ1v) is 7.36. The number of carbonyl (C=O) groups excluding carboxylic acids is 1. The summed E-state index contributed by atoms with van der Waals surface area (Å²) in [4.78, 5) is 22.2. The molecule has 6 nitrogen and oxygen atoms in total. The number of alkyl halides is 3. The number of hydrogen-bond acceptors (Lipinski definition) is 3. The maximum Gasteiger partial charge on any atom is 0.573 e. The van der Waals surface area contributed by atoms with Gasteiger partial charge in [0.1, 0.15) is 5.75 Å². The third-order valence-electron chi connectivity index (χ3n) is 3.46. The molecule has 0 heterocycles. The first-order valence-electron chi connectivity index (χ1n) is 7.36. The van der Waals surface area contributed by atoms with E-state index in [-0.39, 0.29) is 24.6 Å². The molecule has 2 amide bonds. The molecule has 1 atom stereocenters. The molecule has 3 N–H and O–H groups in total. The Bertz CT molecular complexity index is 603. The number of nitrogens with one attached hydrogen (secondary N) is 2. The molecule has 9 heteroatoms. The lowest BCUT2D eigenvalue weighted by Gasteiger charge is -2.20. The first-order chi connectivity index (χ1) is 11.2. The molecule has 0 radical (unpaired) electrons. The van der Waals surface area contributed by atoms with E-state index in [4.69, 9.17) is 5.11 Å². The van der Waals surface area contributed by atoms with Crippen molar-refractivity contribution in [2.45, 2.75) is 31.7 Å². The fourth-order valence-electron chi connectivity index (χ4n) is 2.28. The van der Waals surface area contributed by atoms with Gasteiger partial charge in [0.25, 0.3) is 0 Å². The molecule has 1 aliphatic carbocycles. The number of carbonyl (C=O) groups is 2. The van der Waals surface area contributed by atoms with Gasteiger partial charge in [-0.2, -0.15) is 0 Å². The standard InChI is InChI=1S/C15H17F3N2O4/c16-15(17,18)24-11-3-1-2-10(8-11)13(9-4-5-9)20-14(23)19-7-6-12(21)22/h1-3,8-9,13H,4-7H2,(H,21,22)(H2,19,20,23). The quantitative estimate of drug-likeness (QED) is 0.708. The van der Waals surface area contributed by atoms with Crippen LogP contribution < -0.4 is 15.4 Å². The van der Waals surface area contributed by atoms with Crippen molar-refractivity contribution in [2.24, 2.45) is 5.92 Å². The molecule has 1 unspecified atom stereocenters. The van der Waals surface area contributed by atoms with Crippen LogP contribution in [0, 0.1) is 5.92 Å². The van der Waals surface area contributed by atoms with E-state index < -0.39 is 24.4 Å². The molecule has 132 valence electrons. The maximum absolute atomic E-state index is 12.3. The lowest BCUT2D eigenvalue weighted by Crippen LogP contribution is -2.39. The zero-order chi connectivity index (χ0) is 17.7. The minimum absolute atomic E-state index is 0.0320. The predicted octanol–water partition coefficient (Wildman–Crippen LogP) is 2.81. The number of urea groups is 1. The molecule has 0 saturated heterocycles. The van der Waals surface area contributed by atoms with Crippen LogP contribution in [0.15, 0.2) is 24.3 Å². The van der Waals surface area contributed by atoms with Gasteiger partial charge in [0.2, 0.25) is 0 Å². The number of aliphatic carboxylic acids is 1. The Morgan fingerprint density at radius 1 is 1.33 bits per heavy atom. The Balaban J connectivity index is 2.01. The zero-order valence-corrected chi connectivity index (χ0v) is 12.6. The van der Waals surface area contributed by atoms with E-state index in [1.807, 2.05) is 0 Å². The van der Waals surface area contributed by atoms with Gasteiger partial charge in [-0.25, -0.2) is 4.79 Å². The average Bonchev–Trinajstić information content (AvgIpc) is 3.27. The van der Waals surface area contributed by atoms with Crippen molar-refractivity contribution in [3.8, 4) is 5.75 Å². The second-order valence-corrected chi connectivity index (χ2v) is 5.48. The van der Waals surface area contributed by atoms with Crippen LogP contribution in [0.3, 0.4) is 0 Å². The SMILES string of the molecule is O=C(O)CCNC(=O)NC(c1cccc(OC(F)(F)F)c1)C1CC1. The monoisotopic (exact) mass is 346 g/mol. The number of carboxylic acid groups (broad SMARTS) is 1. The highest BCUT2D eigenvalue weighted by atomic mass is 19.4. The summed E-state index contributed by atoms with van der Waals surface area (Å²) in [6.07, 6.45) is -3.29. The van der Waals surface area contributed by atoms with Crippen molar-refractivity contribution < 1.29 is 32.6 Å². The van der Waals surface area contributed by atoms with Gasteiger partial charge < -0.3 is 20.5 Å². The minimum Gasteiger partial charge on any atom is -0.481 e. The van der Waals surface area contributed by atoms with Crippen LogP contribution in [0.25, 0.3) is 0 Å². The van der Waals surface area contributed by atoms with E-state index in [0.29, 0.717) is 5.56 Å². The summed E-state index contributed by atoms with van der Waals surface area (Å²) in [6, 6.07) is 4.46. The van der Waals surface area contributed by atoms with Gasteiger partial charge >= 0.3 is 18.4 Å². The molecule has 1 aromatic carbocycles. The van der Waals surface area contributed by atoms with Crippen molar-refractivity contribution in [2.75, 3.05) is 6.54 Å². The van der Waals surface area contributed by atoms with Gasteiger partial charge in [-0.15, -0.1) is 13.2 Å². The normalized spacial score (nSPS) is 15.5. The molecule has 0 aliphatic heterocycles. The number of carboxylic acids is 1. The van der Waals surface area contributed by atoms with E-state index in [0.717, 1.165) is 12.8 Å². The molecule has 1 fully saturated rings. The van der Waals surface area contributed by atoms with E-state index >= 15 is 0 Å². The van der Waals surface area contributed by atoms with Crippen LogP contribution in [0.2, 0.25) is 0 Å². The highest BCUT2D eigenvalue weighted by Gasteiger charge is 2.35. The van der Waals surface area contributed by atoms with Crippen LogP contribution in [0.1, 0.15) is 30.9 Å². The summed E-state index contributed by atoms with van der Waals surface area (Å²) >= 11 is 0. The van der Waals surface area contributed by atoms with Gasteiger partial charge in [-0.05, 0) is 36.5 Å². The Morgan fingerprint density at radius 3 is 2.62 bits per heavy atom. The van der Waals surface area contributed by atoms with E-state index in [1.54, 1.807) is 6.07 Å². The lowest BCUT2D eigenvalue weighted by atomic mass is 10.0. The summed E-state index contributed by atoms with van der Waals surface area (Å²) in [6.45, 7) is -0.0320. The van der Waals surface area contributed by atoms with Gasteiger partial charge in [0.15, 0.2) is 0 Å². The highest BCUT2D eigenvalue weighted by Crippen LogP contribution is 2.41. The fourth-order valence-corrected chi connectivity index (χ4v) is 2.28. The Kier molecular flexibility index (Phi) is 5.53. The molecule has 1 aliphatic rings. The molecule has 1 aromatic rings. The van der Waals surface area contributed by atoms with Crippen molar-refractivity contribution in [1.82, 2.24) is 10.6 Å². The van der Waals surface area contributed by atoms with Gasteiger partial charge in [0.05, 0.1) is 12.5 Å². The van der Waals surface area contributed by atoms with Crippen molar-refractivity contribution >= 4 is 12.0 Å². The maximum atomic E-state index is 12.3. The molecular weight excluding hydrogens is 329 g/mol. The van der Waals surface area contributed by atoms with E-state index in [1.165, 1.54) is 18.2 Å². The number of ether oxygens (including phenoxy) is 1. The zero-order valence-electron chi connectivity index (χ0n) is 12.6. The summed E-state index contributed by atoms with van der Waals surface area (Å²) < 4.78 is 40.8. The number of benzene rings is 1. The molecule has 2 rings (SSSR count). The molecule has 0 spiro atoms. The third-order valence-corrected chi connectivity index (χ3v) is 3.46. The van der Waals surface area contributed by atoms with Gasteiger partial charge in [-0.1, -0.05) is 12.1 Å². The van der Waals surface area contributed by atoms with Crippen LogP contribution in [-0.2, 0) is 4.79 Å². The van der Waals surface area contributed by atoms with Gasteiger partial charge in [0, 0.05) is 6.54 Å². The number of rotatable bonds is 7. The third kappa shape index (κ3) is 5.98. The summed E-state index contributed by atoms with van der Waals surface area (Å²) in [5.74, 6) is -1.25. The largest absolute Gasteiger partial charge is 0.573 e. The average molecular weight is 346 g/mol. The van der Waals surface area contributed by atoms with Crippen LogP contribution >= 0.6 is 0 Å².